The fraction of sp³-hybridized carbons (Fsp3) is 0.400. The van der Waals surface area contributed by atoms with Gasteiger partial charge in [0, 0.05) is 16.9 Å². The number of aliphatic hydroxyl groups is 1. The molecule has 5 N–H and O–H groups in total. The number of carboxylic acids is 2. The van der Waals surface area contributed by atoms with E-state index in [4.69, 9.17) is 5.11 Å². The van der Waals surface area contributed by atoms with Gasteiger partial charge in [-0.15, -0.1) is 28.2 Å². The summed E-state index contributed by atoms with van der Waals surface area (Å²) >= 11 is 2.64. The van der Waals surface area contributed by atoms with Crippen LogP contribution in [0.1, 0.15) is 5.69 Å². The van der Waals surface area contributed by atoms with Crippen LogP contribution in [0, 0.1) is 0 Å². The van der Waals surface area contributed by atoms with Gasteiger partial charge in [-0.25, -0.2) is 19.3 Å². The largest absolute Gasteiger partial charge is 0.479 e. The molecule has 4 heterocycles. The summed E-state index contributed by atoms with van der Waals surface area (Å²) in [6, 6.07) is -1.22. The number of fused-ring (bicyclic) bond motifs is 1. The number of thioether (sulfide) groups is 2. The highest BCUT2D eigenvalue weighted by molar-refractivity contribution is 8.01. The summed E-state index contributed by atoms with van der Waals surface area (Å²) < 4.78 is 38.7. The van der Waals surface area contributed by atoms with Gasteiger partial charge in [0.15, 0.2) is 16.9 Å². The highest BCUT2D eigenvalue weighted by Crippen LogP contribution is 2.41. The summed E-state index contributed by atoms with van der Waals surface area (Å²) in [6.45, 7) is -0.461. The van der Waals surface area contributed by atoms with Crippen LogP contribution in [0.2, 0.25) is 0 Å². The quantitative estimate of drug-likeness (QED) is 0.0776. The summed E-state index contributed by atoms with van der Waals surface area (Å²) in [5.41, 5.74) is -0.833. The maximum atomic E-state index is 13.0. The summed E-state index contributed by atoms with van der Waals surface area (Å²) in [4.78, 5) is 69.6. The number of rotatable bonds is 12. The first-order chi connectivity index (χ1) is 20.7. The van der Waals surface area contributed by atoms with Crippen LogP contribution in [0.3, 0.4) is 0 Å². The van der Waals surface area contributed by atoms with Crippen molar-refractivity contribution in [3.63, 3.8) is 0 Å². The predicted molar refractivity (Wildman–Crippen MR) is 142 cm³/mol. The molecule has 0 spiro atoms. The van der Waals surface area contributed by atoms with Crippen LogP contribution in [0.15, 0.2) is 27.0 Å². The smallest absolute Gasteiger partial charge is 0.471 e. The average molecular weight is 682 g/mol. The van der Waals surface area contributed by atoms with Gasteiger partial charge in [-0.2, -0.15) is 13.2 Å². The third-order valence-electron chi connectivity index (χ3n) is 5.66. The molecule has 4 rings (SSSR count). The standard InChI is InChI=1S/C20H18F3N9O9S3/c1-41-28-9(7-5-43-18(24-7)26-17(40)20(21,22)23)12(34)25-10-13(35)32-11(16(38)39)6(3-42-14(10)32)4-44-19-27-29-30-31(19)2-8(33)15(36)37/h5,8,10,14,33H,2-4H2,1H3,(H,25,34)(H,36,37)(H,38,39)(H,24,26,40)/b28-9+. The minimum Gasteiger partial charge on any atom is -0.479 e. The van der Waals surface area contributed by atoms with Gasteiger partial charge in [0.05, 0.1) is 6.54 Å². The maximum Gasteiger partial charge on any atom is 0.471 e. The lowest BCUT2D eigenvalue weighted by Gasteiger charge is -2.49. The zero-order valence-electron chi connectivity index (χ0n) is 21.7. The molecule has 0 radical (unpaired) electrons. The van der Waals surface area contributed by atoms with E-state index in [-0.39, 0.29) is 28.1 Å². The Morgan fingerprint density at radius 3 is 2.66 bits per heavy atom. The molecule has 44 heavy (non-hydrogen) atoms. The first-order valence-corrected chi connectivity index (χ1v) is 14.6. The number of hydrogen-bond acceptors (Lipinski definition) is 15. The fourth-order valence-electron chi connectivity index (χ4n) is 3.72. The van der Waals surface area contributed by atoms with E-state index < -0.39 is 70.7 Å². The number of carbonyl (C=O) groups is 5. The van der Waals surface area contributed by atoms with E-state index in [1.807, 2.05) is 0 Å². The Hall–Kier alpha value is -4.29. The van der Waals surface area contributed by atoms with Gasteiger partial charge in [0.1, 0.15) is 29.9 Å². The highest BCUT2D eigenvalue weighted by atomic mass is 32.2. The van der Waals surface area contributed by atoms with Crippen molar-refractivity contribution >= 4 is 75.4 Å². The van der Waals surface area contributed by atoms with E-state index in [1.165, 1.54) is 0 Å². The van der Waals surface area contributed by atoms with E-state index in [0.29, 0.717) is 16.9 Å². The van der Waals surface area contributed by atoms with Gasteiger partial charge in [-0.3, -0.25) is 24.6 Å². The summed E-state index contributed by atoms with van der Waals surface area (Å²) in [7, 11) is 1.08. The number of alkyl halides is 3. The van der Waals surface area contributed by atoms with Crippen LogP contribution in [-0.2, 0) is 35.4 Å². The number of oxime groups is 1. The lowest BCUT2D eigenvalue weighted by atomic mass is 10.0. The van der Waals surface area contributed by atoms with E-state index in [9.17, 15) is 47.4 Å². The maximum absolute atomic E-state index is 13.0. The first kappa shape index (κ1) is 32.6. The molecule has 3 unspecified atom stereocenters. The van der Waals surface area contributed by atoms with Gasteiger partial charge in [-0.1, -0.05) is 16.9 Å². The number of aliphatic hydroxyl groups excluding tert-OH is 1. The summed E-state index contributed by atoms with van der Waals surface area (Å²) in [6.07, 6.45) is -6.96. The predicted octanol–water partition coefficient (Wildman–Crippen LogP) is -1.04. The van der Waals surface area contributed by atoms with Crippen LogP contribution < -0.4 is 10.6 Å². The minimum absolute atomic E-state index is 0.0205. The third kappa shape index (κ3) is 6.92. The number of amides is 3. The zero-order valence-corrected chi connectivity index (χ0v) is 24.2. The molecule has 2 aromatic heterocycles. The molecule has 24 heteroatoms. The van der Waals surface area contributed by atoms with Crippen LogP contribution in [0.5, 0.6) is 0 Å². The third-order valence-corrected chi connectivity index (χ3v) is 8.81. The number of thiazole rings is 1. The molecule has 2 aliphatic rings. The van der Waals surface area contributed by atoms with Crippen molar-refractivity contribution in [3.8, 4) is 0 Å². The molecular weight excluding hydrogens is 663 g/mol. The van der Waals surface area contributed by atoms with E-state index in [0.717, 1.165) is 45.6 Å². The number of nitrogens with zero attached hydrogens (tertiary/aromatic N) is 7. The molecule has 1 saturated heterocycles. The number of aliphatic carboxylic acids is 2. The molecule has 2 aromatic rings. The number of hydrogen-bond donors (Lipinski definition) is 5. The van der Waals surface area contributed by atoms with Gasteiger partial charge < -0.3 is 25.5 Å². The topological polar surface area (TPSA) is 251 Å². The van der Waals surface area contributed by atoms with E-state index >= 15 is 0 Å². The van der Waals surface area contributed by atoms with Gasteiger partial charge in [-0.05, 0) is 16.0 Å². The summed E-state index contributed by atoms with van der Waals surface area (Å²) in [5, 5.41) is 46.5. The number of β-lactam (4-membered cyclic amide) rings is 1. The molecule has 0 aromatic carbocycles. The number of halogens is 3. The number of aromatic nitrogens is 5. The monoisotopic (exact) mass is 681 g/mol. The minimum atomic E-state index is -5.18. The average Bonchev–Trinajstić information content (AvgIpc) is 3.61. The van der Waals surface area contributed by atoms with Gasteiger partial charge in [0.25, 0.3) is 11.8 Å². The number of tetrazole rings is 1. The molecule has 0 bridgehead atoms. The van der Waals surface area contributed by atoms with Crippen molar-refractivity contribution in [2.75, 3.05) is 23.9 Å². The molecule has 0 saturated carbocycles. The highest BCUT2D eigenvalue weighted by Gasteiger charge is 2.54. The molecule has 236 valence electrons. The molecular formula is C20H18F3N9O9S3. The van der Waals surface area contributed by atoms with Crippen molar-refractivity contribution < 1.29 is 57.3 Å². The van der Waals surface area contributed by atoms with Gasteiger partial charge in [0.2, 0.25) is 5.16 Å². The van der Waals surface area contributed by atoms with Crippen molar-refractivity contribution in [1.82, 2.24) is 35.4 Å². The van der Waals surface area contributed by atoms with Gasteiger partial charge >= 0.3 is 24.0 Å². The second kappa shape index (κ2) is 13.1. The van der Waals surface area contributed by atoms with Crippen molar-refractivity contribution in [2.24, 2.45) is 5.16 Å². The Kier molecular flexibility index (Phi) is 9.75. The Morgan fingerprint density at radius 1 is 1.30 bits per heavy atom. The molecule has 3 atom stereocenters. The number of carbonyl (C=O) groups excluding carboxylic acids is 3. The number of anilines is 1. The Bertz CT molecular complexity index is 1560. The normalized spacial score (nSPS) is 19.2. The lowest BCUT2D eigenvalue weighted by molar-refractivity contribution is -0.167. The summed E-state index contributed by atoms with van der Waals surface area (Å²) in [5.74, 6) is -6.91. The van der Waals surface area contributed by atoms with Crippen molar-refractivity contribution in [3.05, 3.63) is 22.3 Å². The second-order valence-electron chi connectivity index (χ2n) is 8.52. The zero-order chi connectivity index (χ0) is 32.3. The second-order valence-corrected chi connectivity index (χ2v) is 11.4. The molecule has 18 nitrogen and oxygen atoms in total. The van der Waals surface area contributed by atoms with Crippen LogP contribution in [0.4, 0.5) is 18.3 Å². The van der Waals surface area contributed by atoms with Crippen molar-refractivity contribution in [1.29, 1.82) is 0 Å². The van der Waals surface area contributed by atoms with Crippen LogP contribution >= 0.6 is 34.9 Å². The molecule has 1 fully saturated rings. The van der Waals surface area contributed by atoms with E-state index in [2.05, 4.69) is 35.8 Å². The van der Waals surface area contributed by atoms with Crippen LogP contribution in [0.25, 0.3) is 0 Å². The SMILES string of the molecule is CO/N=C(/C(=O)NC1C(=O)N2C(C(=O)O)=C(CSc3nnnn3CC(O)C(=O)O)CSC12)c1csc(NC(=O)C(F)(F)F)n1. The van der Waals surface area contributed by atoms with E-state index in [1.54, 1.807) is 5.32 Å². The number of nitrogens with one attached hydrogen (secondary N) is 2. The Morgan fingerprint density at radius 2 is 2.02 bits per heavy atom. The fourth-order valence-corrected chi connectivity index (χ4v) is 6.78. The molecule has 3 amide bonds. The van der Waals surface area contributed by atoms with Crippen molar-refractivity contribution in [2.45, 2.75) is 35.4 Å². The Balaban J connectivity index is 1.45. The molecule has 0 aliphatic carbocycles. The molecule has 2 aliphatic heterocycles. The van der Waals surface area contributed by atoms with Crippen LogP contribution in [-0.4, -0.2) is 123 Å². The first-order valence-electron chi connectivity index (χ1n) is 11.7. The Labute approximate surface area is 254 Å². The number of carboxylic acid groups (broad SMARTS) is 2. The lowest BCUT2D eigenvalue weighted by Crippen LogP contribution is -2.71.